The lowest BCUT2D eigenvalue weighted by molar-refractivity contribution is 0.1000. The van der Waals surface area contributed by atoms with Gasteiger partial charge in [0, 0.05) is 5.56 Å². The van der Waals surface area contributed by atoms with Gasteiger partial charge in [-0.25, -0.2) is 0 Å². The molecule has 0 fully saturated rings. The van der Waals surface area contributed by atoms with Crippen molar-refractivity contribution in [1.29, 1.82) is 0 Å². The SMILES string of the molecule is COc1cc(C)cc(C(=O)CN)c1Br. The van der Waals surface area contributed by atoms with Crippen molar-refractivity contribution in [3.8, 4) is 5.75 Å². The molecule has 14 heavy (non-hydrogen) atoms. The maximum Gasteiger partial charge on any atom is 0.177 e. The highest BCUT2D eigenvalue weighted by molar-refractivity contribution is 9.10. The third kappa shape index (κ3) is 2.13. The number of hydrogen-bond donors (Lipinski definition) is 1. The summed E-state index contributed by atoms with van der Waals surface area (Å²) < 4.78 is 5.79. The van der Waals surface area contributed by atoms with Crippen LogP contribution in [0.4, 0.5) is 0 Å². The van der Waals surface area contributed by atoms with Crippen LogP contribution in [0.25, 0.3) is 0 Å². The molecule has 0 saturated heterocycles. The first-order valence-electron chi connectivity index (χ1n) is 4.17. The molecule has 3 nitrogen and oxygen atoms in total. The molecule has 0 spiro atoms. The molecule has 0 unspecified atom stereocenters. The average Bonchev–Trinajstić information content (AvgIpc) is 2.19. The van der Waals surface area contributed by atoms with E-state index >= 15 is 0 Å². The maximum atomic E-state index is 11.4. The quantitative estimate of drug-likeness (QED) is 0.842. The van der Waals surface area contributed by atoms with Gasteiger partial charge in [0.05, 0.1) is 18.1 Å². The summed E-state index contributed by atoms with van der Waals surface area (Å²) in [6.07, 6.45) is 0. The molecule has 0 bridgehead atoms. The Balaban J connectivity index is 3.29. The summed E-state index contributed by atoms with van der Waals surface area (Å²) in [7, 11) is 1.57. The van der Waals surface area contributed by atoms with E-state index in [1.54, 1.807) is 13.2 Å². The van der Waals surface area contributed by atoms with Gasteiger partial charge in [-0.15, -0.1) is 0 Å². The van der Waals surface area contributed by atoms with Crippen LogP contribution >= 0.6 is 15.9 Å². The van der Waals surface area contributed by atoms with Gasteiger partial charge in [-0.1, -0.05) is 0 Å². The summed E-state index contributed by atoms with van der Waals surface area (Å²) in [6, 6.07) is 3.65. The number of aryl methyl sites for hydroxylation is 1. The second-order valence-electron chi connectivity index (χ2n) is 2.96. The Labute approximate surface area is 91.4 Å². The van der Waals surface area contributed by atoms with Crippen molar-refractivity contribution in [1.82, 2.24) is 0 Å². The fraction of sp³-hybridized carbons (Fsp3) is 0.300. The summed E-state index contributed by atoms with van der Waals surface area (Å²) in [5, 5.41) is 0. The van der Waals surface area contributed by atoms with Gasteiger partial charge in [-0.3, -0.25) is 4.79 Å². The summed E-state index contributed by atoms with van der Waals surface area (Å²) in [5.74, 6) is 0.556. The number of carbonyl (C=O) groups is 1. The number of benzene rings is 1. The molecule has 0 aromatic heterocycles. The number of hydrogen-bond acceptors (Lipinski definition) is 3. The minimum absolute atomic E-state index is 0.00517. The van der Waals surface area contributed by atoms with Crippen molar-refractivity contribution in [3.63, 3.8) is 0 Å². The summed E-state index contributed by atoms with van der Waals surface area (Å²) >= 11 is 3.32. The number of carbonyl (C=O) groups excluding carboxylic acids is 1. The molecule has 0 aliphatic carbocycles. The topological polar surface area (TPSA) is 52.3 Å². The molecule has 0 aliphatic heterocycles. The highest BCUT2D eigenvalue weighted by atomic mass is 79.9. The minimum atomic E-state index is -0.0983. The molecule has 1 aromatic carbocycles. The van der Waals surface area contributed by atoms with Crippen LogP contribution in [0.15, 0.2) is 16.6 Å². The highest BCUT2D eigenvalue weighted by Gasteiger charge is 2.13. The Kier molecular flexibility index (Phi) is 3.66. The third-order valence-corrected chi connectivity index (χ3v) is 2.71. The normalized spacial score (nSPS) is 10.0. The average molecular weight is 258 g/mol. The number of halogens is 1. The molecule has 1 aromatic rings. The molecule has 4 heteroatoms. The fourth-order valence-electron chi connectivity index (χ4n) is 1.20. The van der Waals surface area contributed by atoms with Gasteiger partial charge in [-0.05, 0) is 40.5 Å². The van der Waals surface area contributed by atoms with Crippen molar-refractivity contribution in [2.45, 2.75) is 6.92 Å². The Morgan fingerprint density at radius 1 is 1.57 bits per heavy atom. The van der Waals surface area contributed by atoms with Gasteiger partial charge in [0.1, 0.15) is 5.75 Å². The second-order valence-corrected chi connectivity index (χ2v) is 3.75. The van der Waals surface area contributed by atoms with Crippen LogP contribution in [-0.4, -0.2) is 19.4 Å². The molecule has 0 amide bonds. The van der Waals surface area contributed by atoms with Gasteiger partial charge in [0.15, 0.2) is 5.78 Å². The molecule has 0 saturated carbocycles. The highest BCUT2D eigenvalue weighted by Crippen LogP contribution is 2.30. The van der Waals surface area contributed by atoms with E-state index in [1.165, 1.54) is 0 Å². The number of nitrogens with two attached hydrogens (primary N) is 1. The van der Waals surface area contributed by atoms with Crippen LogP contribution in [-0.2, 0) is 0 Å². The molecular formula is C10H12BrNO2. The van der Waals surface area contributed by atoms with Crippen molar-refractivity contribution >= 4 is 21.7 Å². The van der Waals surface area contributed by atoms with Crippen LogP contribution in [0, 0.1) is 6.92 Å². The maximum absolute atomic E-state index is 11.4. The van der Waals surface area contributed by atoms with Crippen molar-refractivity contribution in [3.05, 3.63) is 27.7 Å². The Morgan fingerprint density at radius 3 is 2.71 bits per heavy atom. The van der Waals surface area contributed by atoms with E-state index in [-0.39, 0.29) is 12.3 Å². The third-order valence-electron chi connectivity index (χ3n) is 1.89. The van der Waals surface area contributed by atoms with Crippen LogP contribution in [0.3, 0.4) is 0 Å². The van der Waals surface area contributed by atoms with Crippen LogP contribution in [0.2, 0.25) is 0 Å². The van der Waals surface area contributed by atoms with Crippen molar-refractivity contribution < 1.29 is 9.53 Å². The minimum Gasteiger partial charge on any atom is -0.496 e. The van der Waals surface area contributed by atoms with Crippen LogP contribution in [0.5, 0.6) is 5.75 Å². The zero-order valence-electron chi connectivity index (χ0n) is 8.13. The lowest BCUT2D eigenvalue weighted by Crippen LogP contribution is -2.14. The van der Waals surface area contributed by atoms with Crippen molar-refractivity contribution in [2.24, 2.45) is 5.73 Å². The summed E-state index contributed by atoms with van der Waals surface area (Å²) in [4.78, 5) is 11.4. The molecular weight excluding hydrogens is 246 g/mol. The zero-order valence-corrected chi connectivity index (χ0v) is 9.72. The van der Waals surface area contributed by atoms with Gasteiger partial charge < -0.3 is 10.5 Å². The second kappa shape index (κ2) is 4.57. The van der Waals surface area contributed by atoms with Gasteiger partial charge in [0.25, 0.3) is 0 Å². The van der Waals surface area contributed by atoms with E-state index in [1.807, 2.05) is 13.0 Å². The first kappa shape index (κ1) is 11.2. The van der Waals surface area contributed by atoms with Gasteiger partial charge in [-0.2, -0.15) is 0 Å². The van der Waals surface area contributed by atoms with E-state index < -0.39 is 0 Å². The smallest absolute Gasteiger partial charge is 0.177 e. The predicted octanol–water partition coefficient (Wildman–Crippen LogP) is 1.91. The van der Waals surface area contributed by atoms with E-state index in [0.717, 1.165) is 5.56 Å². The number of rotatable bonds is 3. The number of ether oxygens (including phenoxy) is 1. The standard InChI is InChI=1S/C10H12BrNO2/c1-6-3-7(8(13)5-12)10(11)9(4-6)14-2/h3-4H,5,12H2,1-2H3. The van der Waals surface area contributed by atoms with Crippen LogP contribution in [0.1, 0.15) is 15.9 Å². The first-order valence-corrected chi connectivity index (χ1v) is 4.96. The summed E-state index contributed by atoms with van der Waals surface area (Å²) in [5.41, 5.74) is 6.85. The van der Waals surface area contributed by atoms with Crippen molar-refractivity contribution in [2.75, 3.05) is 13.7 Å². The Hall–Kier alpha value is -0.870. The molecule has 76 valence electrons. The molecule has 0 aliphatic rings. The van der Waals surface area contributed by atoms with Gasteiger partial charge in [0.2, 0.25) is 0 Å². The zero-order chi connectivity index (χ0) is 10.7. The molecule has 1 rings (SSSR count). The fourth-order valence-corrected chi connectivity index (χ4v) is 1.81. The molecule has 2 N–H and O–H groups in total. The Morgan fingerprint density at radius 2 is 2.21 bits per heavy atom. The molecule has 0 atom stereocenters. The molecule has 0 radical (unpaired) electrons. The predicted molar refractivity (Wildman–Crippen MR) is 58.8 cm³/mol. The molecule has 0 heterocycles. The number of ketones is 1. The monoisotopic (exact) mass is 257 g/mol. The van der Waals surface area contributed by atoms with Gasteiger partial charge >= 0.3 is 0 Å². The van der Waals surface area contributed by atoms with E-state index in [2.05, 4.69) is 15.9 Å². The first-order chi connectivity index (χ1) is 6.60. The van der Waals surface area contributed by atoms with Crippen LogP contribution < -0.4 is 10.5 Å². The largest absolute Gasteiger partial charge is 0.496 e. The van der Waals surface area contributed by atoms with E-state index in [0.29, 0.717) is 15.8 Å². The van der Waals surface area contributed by atoms with E-state index in [4.69, 9.17) is 10.5 Å². The number of Topliss-reactive ketones (excluding diaryl/α,β-unsaturated/α-hetero) is 1. The number of methoxy groups -OCH3 is 1. The Bertz CT molecular complexity index is 363. The lowest BCUT2D eigenvalue weighted by atomic mass is 10.1. The summed E-state index contributed by atoms with van der Waals surface area (Å²) in [6.45, 7) is 1.91. The van der Waals surface area contributed by atoms with E-state index in [9.17, 15) is 4.79 Å². The lowest BCUT2D eigenvalue weighted by Gasteiger charge is -2.08.